The highest BCUT2D eigenvalue weighted by Gasteiger charge is 2.21. The second-order valence-corrected chi connectivity index (χ2v) is 9.86. The van der Waals surface area contributed by atoms with Crippen molar-refractivity contribution in [3.05, 3.63) is 69.0 Å². The molecule has 2 aromatic carbocycles. The van der Waals surface area contributed by atoms with Crippen molar-refractivity contribution in [2.75, 3.05) is 6.79 Å². The molecule has 2 aliphatic rings. The molecule has 1 aliphatic carbocycles. The van der Waals surface area contributed by atoms with E-state index in [-0.39, 0.29) is 12.4 Å². The maximum Gasteiger partial charge on any atom is 0.253 e. The third-order valence-corrected chi connectivity index (χ3v) is 7.30. The number of H-pyrrole nitrogens is 1. The van der Waals surface area contributed by atoms with Gasteiger partial charge in [0.05, 0.1) is 6.54 Å². The van der Waals surface area contributed by atoms with E-state index in [4.69, 9.17) is 21.7 Å². The van der Waals surface area contributed by atoms with Crippen LogP contribution in [-0.2, 0) is 13.1 Å². The zero-order valence-corrected chi connectivity index (χ0v) is 20.6. The molecule has 0 saturated heterocycles. The van der Waals surface area contributed by atoms with Crippen LogP contribution in [0, 0.1) is 13.8 Å². The Morgan fingerprint density at radius 3 is 2.62 bits per heavy atom. The molecule has 1 saturated carbocycles. The Morgan fingerprint density at radius 1 is 1.03 bits per heavy atom. The van der Waals surface area contributed by atoms with Gasteiger partial charge in [0.1, 0.15) is 0 Å². The van der Waals surface area contributed by atoms with Gasteiger partial charge < -0.3 is 24.7 Å². The lowest BCUT2D eigenvalue weighted by Crippen LogP contribution is -2.45. The smallest absolute Gasteiger partial charge is 0.253 e. The van der Waals surface area contributed by atoms with Gasteiger partial charge in [-0.3, -0.25) is 4.79 Å². The molecule has 0 amide bonds. The number of aromatic amines is 1. The van der Waals surface area contributed by atoms with E-state index in [9.17, 15) is 4.79 Å². The summed E-state index contributed by atoms with van der Waals surface area (Å²) >= 11 is 5.88. The summed E-state index contributed by atoms with van der Waals surface area (Å²) < 4.78 is 11.0. The fourth-order valence-corrected chi connectivity index (χ4v) is 5.11. The van der Waals surface area contributed by atoms with Crippen molar-refractivity contribution in [2.45, 2.75) is 65.1 Å². The molecule has 1 aliphatic heterocycles. The Balaban J connectivity index is 1.43. The Labute approximate surface area is 205 Å². The van der Waals surface area contributed by atoms with Crippen LogP contribution < -0.4 is 20.3 Å². The van der Waals surface area contributed by atoms with Crippen LogP contribution in [0.25, 0.3) is 10.9 Å². The van der Waals surface area contributed by atoms with Crippen LogP contribution >= 0.6 is 12.2 Å². The van der Waals surface area contributed by atoms with Gasteiger partial charge in [-0.05, 0) is 91.3 Å². The average molecular weight is 478 g/mol. The lowest BCUT2D eigenvalue weighted by Gasteiger charge is -2.31. The lowest BCUT2D eigenvalue weighted by molar-refractivity contribution is 0.174. The third kappa shape index (κ3) is 4.89. The summed E-state index contributed by atoms with van der Waals surface area (Å²) in [5.74, 6) is 1.51. The van der Waals surface area contributed by atoms with Gasteiger partial charge in [-0.25, -0.2) is 0 Å². The first-order valence-electron chi connectivity index (χ1n) is 12.0. The molecule has 2 heterocycles. The van der Waals surface area contributed by atoms with Crippen LogP contribution in [-0.4, -0.2) is 27.8 Å². The van der Waals surface area contributed by atoms with Crippen molar-refractivity contribution < 1.29 is 9.47 Å². The summed E-state index contributed by atoms with van der Waals surface area (Å²) in [5.41, 5.74) is 4.91. The van der Waals surface area contributed by atoms with Gasteiger partial charge >= 0.3 is 0 Å². The van der Waals surface area contributed by atoms with Crippen molar-refractivity contribution in [3.63, 3.8) is 0 Å². The van der Waals surface area contributed by atoms with Gasteiger partial charge in [-0.1, -0.05) is 25.3 Å². The number of ether oxygens (including phenoxy) is 2. The summed E-state index contributed by atoms with van der Waals surface area (Å²) in [6, 6.07) is 12.5. The van der Waals surface area contributed by atoms with Crippen LogP contribution in [0.3, 0.4) is 0 Å². The Hall–Kier alpha value is -3.06. The predicted molar refractivity (Wildman–Crippen MR) is 138 cm³/mol. The molecular weight excluding hydrogens is 446 g/mol. The Morgan fingerprint density at radius 2 is 1.79 bits per heavy atom. The predicted octanol–water partition coefficient (Wildman–Crippen LogP) is 5.08. The van der Waals surface area contributed by atoms with Gasteiger partial charge in [-0.15, -0.1) is 0 Å². The number of aryl methyl sites for hydroxylation is 2. The van der Waals surface area contributed by atoms with Gasteiger partial charge in [-0.2, -0.15) is 0 Å². The first-order valence-corrected chi connectivity index (χ1v) is 12.4. The molecule has 3 aromatic rings. The molecule has 1 aromatic heterocycles. The van der Waals surface area contributed by atoms with Crippen molar-refractivity contribution in [2.24, 2.45) is 0 Å². The van der Waals surface area contributed by atoms with E-state index >= 15 is 0 Å². The number of aromatic nitrogens is 1. The second kappa shape index (κ2) is 9.66. The number of pyridine rings is 1. The number of thiocarbonyl (C=S) groups is 1. The van der Waals surface area contributed by atoms with Crippen LogP contribution in [0.1, 0.15) is 54.4 Å². The summed E-state index contributed by atoms with van der Waals surface area (Å²) in [6.07, 6.45) is 6.01. The van der Waals surface area contributed by atoms with E-state index in [1.54, 1.807) is 0 Å². The number of nitrogens with zero attached hydrogens (tertiary/aromatic N) is 1. The molecule has 1 fully saturated rings. The molecule has 0 unspecified atom stereocenters. The van der Waals surface area contributed by atoms with Crippen LogP contribution in [0.5, 0.6) is 11.5 Å². The monoisotopic (exact) mass is 477 g/mol. The Kier molecular flexibility index (Phi) is 6.46. The maximum absolute atomic E-state index is 13.0. The summed E-state index contributed by atoms with van der Waals surface area (Å²) in [6.45, 7) is 5.39. The largest absolute Gasteiger partial charge is 0.454 e. The normalized spacial score (nSPS) is 15.5. The van der Waals surface area contributed by atoms with E-state index in [0.29, 0.717) is 29.8 Å². The van der Waals surface area contributed by atoms with Gasteiger partial charge in [0.2, 0.25) is 6.79 Å². The topological polar surface area (TPSA) is 66.6 Å². The Bertz CT molecular complexity index is 1280. The molecule has 0 radical (unpaired) electrons. The highest BCUT2D eigenvalue weighted by Crippen LogP contribution is 2.33. The quantitative estimate of drug-likeness (QED) is 0.500. The van der Waals surface area contributed by atoms with Crippen LogP contribution in [0.15, 0.2) is 41.2 Å². The first-order chi connectivity index (χ1) is 16.5. The van der Waals surface area contributed by atoms with Gasteiger partial charge in [0, 0.05) is 23.7 Å². The van der Waals surface area contributed by atoms with E-state index in [2.05, 4.69) is 35.1 Å². The molecule has 0 bridgehead atoms. The number of fused-ring (bicyclic) bond motifs is 2. The standard InChI is InChI=1S/C27H31N3O3S/c1-17-10-20-13-21(26(31)29-23(20)11-18(17)2)15-30(27(34)28-22-6-4-3-5-7-22)14-19-8-9-24-25(12-19)33-16-32-24/h8-13,22H,3-7,14-16H2,1-2H3,(H,28,34)(H,29,31). The fourth-order valence-electron chi connectivity index (χ4n) is 4.82. The molecule has 6 nitrogen and oxygen atoms in total. The number of benzene rings is 2. The highest BCUT2D eigenvalue weighted by molar-refractivity contribution is 7.80. The van der Waals surface area contributed by atoms with Crippen molar-refractivity contribution >= 4 is 28.2 Å². The molecule has 5 rings (SSSR count). The molecule has 2 N–H and O–H groups in total. The van der Waals surface area contributed by atoms with E-state index < -0.39 is 0 Å². The minimum Gasteiger partial charge on any atom is -0.454 e. The van der Waals surface area contributed by atoms with Gasteiger partial charge in [0.15, 0.2) is 16.6 Å². The van der Waals surface area contributed by atoms with Crippen molar-refractivity contribution in [3.8, 4) is 11.5 Å². The minimum atomic E-state index is -0.0769. The second-order valence-electron chi connectivity index (χ2n) is 9.48. The fraction of sp³-hybridized carbons (Fsp3) is 0.407. The van der Waals surface area contributed by atoms with Crippen LogP contribution in [0.4, 0.5) is 0 Å². The van der Waals surface area contributed by atoms with Crippen molar-refractivity contribution in [1.29, 1.82) is 0 Å². The lowest BCUT2D eigenvalue weighted by atomic mass is 9.96. The number of hydrogen-bond acceptors (Lipinski definition) is 4. The highest BCUT2D eigenvalue weighted by atomic mass is 32.1. The number of rotatable bonds is 5. The zero-order valence-electron chi connectivity index (χ0n) is 19.8. The number of nitrogens with one attached hydrogen (secondary N) is 2. The maximum atomic E-state index is 13.0. The van der Waals surface area contributed by atoms with E-state index in [0.717, 1.165) is 46.4 Å². The molecule has 0 atom stereocenters. The summed E-state index contributed by atoms with van der Waals surface area (Å²) in [4.78, 5) is 18.2. The SMILES string of the molecule is Cc1cc2cc(CN(Cc3ccc4c(c3)OCO4)C(=S)NC3CCCCC3)c(=O)[nH]c2cc1C. The van der Waals surface area contributed by atoms with Crippen LogP contribution in [0.2, 0.25) is 0 Å². The van der Waals surface area contributed by atoms with E-state index in [1.165, 1.54) is 24.8 Å². The molecule has 0 spiro atoms. The van der Waals surface area contributed by atoms with Gasteiger partial charge in [0.25, 0.3) is 5.56 Å². The third-order valence-electron chi connectivity index (χ3n) is 6.93. The molecule has 7 heteroatoms. The molecular formula is C27H31N3O3S. The molecule has 178 valence electrons. The van der Waals surface area contributed by atoms with Crippen molar-refractivity contribution in [1.82, 2.24) is 15.2 Å². The molecule has 34 heavy (non-hydrogen) atoms. The zero-order chi connectivity index (χ0) is 23.7. The average Bonchev–Trinajstić information content (AvgIpc) is 3.29. The first kappa shape index (κ1) is 22.7. The summed E-state index contributed by atoms with van der Waals surface area (Å²) in [7, 11) is 0. The van der Waals surface area contributed by atoms with E-state index in [1.807, 2.05) is 30.3 Å². The summed E-state index contributed by atoms with van der Waals surface area (Å²) in [5, 5.41) is 5.29. The number of hydrogen-bond donors (Lipinski definition) is 2. The minimum absolute atomic E-state index is 0.0769.